The maximum absolute atomic E-state index is 13.3. The second kappa shape index (κ2) is 12.0. The number of benzene rings is 2. The Morgan fingerprint density at radius 1 is 1.00 bits per heavy atom. The summed E-state index contributed by atoms with van der Waals surface area (Å²) < 4.78 is 18.4. The minimum absolute atomic E-state index is 0.169. The first-order valence-electron chi connectivity index (χ1n) is 10.9. The Kier molecular flexibility index (Phi) is 9.39. The minimum atomic E-state index is -0.896. The molecule has 2 N–H and O–H groups in total. The molecule has 0 spiro atoms. The van der Waals surface area contributed by atoms with E-state index in [2.05, 4.69) is 10.6 Å². The van der Waals surface area contributed by atoms with E-state index in [0.29, 0.717) is 0 Å². The van der Waals surface area contributed by atoms with E-state index in [9.17, 15) is 18.8 Å². The molecule has 33 heavy (non-hydrogen) atoms. The molecule has 2 aromatic carbocycles. The maximum atomic E-state index is 13.3. The fraction of sp³-hybridized carbons (Fsp3) is 0.400. The first kappa shape index (κ1) is 25.8. The number of halogens is 1. The predicted molar refractivity (Wildman–Crippen MR) is 124 cm³/mol. The number of hydrogen-bond acceptors (Lipinski definition) is 4. The molecule has 178 valence electrons. The molecule has 0 fully saturated rings. The van der Waals surface area contributed by atoms with Gasteiger partial charge in [0.25, 0.3) is 0 Å². The molecule has 0 aliphatic heterocycles. The van der Waals surface area contributed by atoms with Crippen molar-refractivity contribution >= 4 is 17.9 Å². The van der Waals surface area contributed by atoms with Crippen LogP contribution in [0.25, 0.3) is 0 Å². The molecule has 1 unspecified atom stereocenters. The molecule has 0 heterocycles. The zero-order valence-corrected chi connectivity index (χ0v) is 19.6. The molecule has 0 aliphatic carbocycles. The van der Waals surface area contributed by atoms with Gasteiger partial charge in [0.1, 0.15) is 17.5 Å². The second-order valence-electron chi connectivity index (χ2n) is 8.64. The smallest absolute Gasteiger partial charge is 0.408 e. The lowest BCUT2D eigenvalue weighted by atomic mass is 10.0. The Morgan fingerprint density at radius 2 is 1.64 bits per heavy atom. The van der Waals surface area contributed by atoms with E-state index in [-0.39, 0.29) is 43.7 Å². The molecular weight excluding hydrogens is 425 g/mol. The summed E-state index contributed by atoms with van der Waals surface area (Å²) in [6, 6.07) is 14.2. The van der Waals surface area contributed by atoms with Crippen LogP contribution in [-0.4, -0.2) is 47.5 Å². The van der Waals surface area contributed by atoms with Gasteiger partial charge in [-0.25, -0.2) is 9.18 Å². The van der Waals surface area contributed by atoms with E-state index in [1.54, 1.807) is 39.8 Å². The first-order chi connectivity index (χ1) is 15.6. The van der Waals surface area contributed by atoms with Gasteiger partial charge in [-0.2, -0.15) is 0 Å². The zero-order chi connectivity index (χ0) is 24.4. The summed E-state index contributed by atoms with van der Waals surface area (Å²) in [7, 11) is 0. The van der Waals surface area contributed by atoms with E-state index >= 15 is 0 Å². The van der Waals surface area contributed by atoms with E-state index < -0.39 is 17.7 Å². The Bertz CT molecular complexity index is 927. The topological polar surface area (TPSA) is 87.7 Å². The minimum Gasteiger partial charge on any atom is -0.444 e. The molecule has 0 saturated heterocycles. The lowest BCUT2D eigenvalue weighted by Gasteiger charge is -2.28. The number of rotatable bonds is 9. The Morgan fingerprint density at radius 3 is 2.21 bits per heavy atom. The van der Waals surface area contributed by atoms with Crippen LogP contribution in [0.3, 0.4) is 0 Å². The van der Waals surface area contributed by atoms with Gasteiger partial charge in [0.15, 0.2) is 0 Å². The third-order valence-electron chi connectivity index (χ3n) is 4.70. The molecule has 0 bridgehead atoms. The van der Waals surface area contributed by atoms with E-state index in [1.165, 1.54) is 17.0 Å². The summed E-state index contributed by atoms with van der Waals surface area (Å²) in [6.07, 6.45) is -0.444. The number of carbonyl (C=O) groups is 3. The van der Waals surface area contributed by atoms with Crippen molar-refractivity contribution in [3.63, 3.8) is 0 Å². The van der Waals surface area contributed by atoms with Crippen molar-refractivity contribution in [2.45, 2.75) is 52.3 Å². The van der Waals surface area contributed by atoms with Crippen molar-refractivity contribution in [1.82, 2.24) is 15.5 Å². The van der Waals surface area contributed by atoms with Crippen LogP contribution in [0.4, 0.5) is 9.18 Å². The molecule has 1 atom stereocenters. The molecular formula is C25H32FN3O4. The number of amides is 3. The standard InChI is InChI=1S/C25H32FN3O4/c1-5-29(17-22(30)27-16-19-11-13-20(26)14-12-19)23(31)21(15-18-9-7-6-8-10-18)28-24(32)33-25(2,3)4/h6-14,21H,5,15-17H2,1-4H3,(H,27,30)(H,28,32). The van der Waals surface area contributed by atoms with E-state index in [4.69, 9.17) is 4.74 Å². The third kappa shape index (κ3) is 9.31. The average Bonchev–Trinajstić information content (AvgIpc) is 2.75. The van der Waals surface area contributed by atoms with Crippen molar-refractivity contribution in [3.8, 4) is 0 Å². The van der Waals surface area contributed by atoms with Crippen LogP contribution in [0.2, 0.25) is 0 Å². The van der Waals surface area contributed by atoms with Gasteiger partial charge in [-0.3, -0.25) is 9.59 Å². The van der Waals surface area contributed by atoms with Crippen LogP contribution in [0.15, 0.2) is 54.6 Å². The van der Waals surface area contributed by atoms with Gasteiger partial charge in [0.2, 0.25) is 11.8 Å². The van der Waals surface area contributed by atoms with Crippen molar-refractivity contribution in [2.24, 2.45) is 0 Å². The number of likely N-dealkylation sites (N-methyl/N-ethyl adjacent to an activating group) is 1. The van der Waals surface area contributed by atoms with E-state index in [1.807, 2.05) is 30.3 Å². The highest BCUT2D eigenvalue weighted by atomic mass is 19.1. The normalized spacial score (nSPS) is 11.9. The maximum Gasteiger partial charge on any atom is 0.408 e. The number of nitrogens with one attached hydrogen (secondary N) is 2. The highest BCUT2D eigenvalue weighted by Crippen LogP contribution is 2.10. The van der Waals surface area contributed by atoms with Crippen LogP contribution >= 0.6 is 0 Å². The number of ether oxygens (including phenoxy) is 1. The van der Waals surface area contributed by atoms with Gasteiger partial charge in [-0.05, 0) is 51.0 Å². The summed E-state index contributed by atoms with van der Waals surface area (Å²) in [4.78, 5) is 39.5. The van der Waals surface area contributed by atoms with Gasteiger partial charge >= 0.3 is 6.09 Å². The predicted octanol–water partition coefficient (Wildman–Crippen LogP) is 3.43. The molecule has 8 heteroatoms. The number of nitrogens with zero attached hydrogens (tertiary/aromatic N) is 1. The summed E-state index contributed by atoms with van der Waals surface area (Å²) in [5, 5.41) is 5.38. The molecule has 0 aliphatic rings. The third-order valence-corrected chi connectivity index (χ3v) is 4.70. The SMILES string of the molecule is CCN(CC(=O)NCc1ccc(F)cc1)C(=O)C(Cc1ccccc1)NC(=O)OC(C)(C)C. The molecule has 2 rings (SSSR count). The van der Waals surface area contributed by atoms with Gasteiger partial charge in [0.05, 0.1) is 6.54 Å². The van der Waals surface area contributed by atoms with Gasteiger partial charge in [0, 0.05) is 19.5 Å². The Balaban J connectivity index is 2.05. The largest absolute Gasteiger partial charge is 0.444 e. The van der Waals surface area contributed by atoms with Gasteiger partial charge in [-0.1, -0.05) is 42.5 Å². The highest BCUT2D eigenvalue weighted by molar-refractivity contribution is 5.89. The van der Waals surface area contributed by atoms with E-state index in [0.717, 1.165) is 11.1 Å². The van der Waals surface area contributed by atoms with Crippen LogP contribution in [0, 0.1) is 5.82 Å². The fourth-order valence-corrected chi connectivity index (χ4v) is 3.10. The van der Waals surface area contributed by atoms with Gasteiger partial charge in [-0.15, -0.1) is 0 Å². The van der Waals surface area contributed by atoms with Crippen LogP contribution < -0.4 is 10.6 Å². The average molecular weight is 458 g/mol. The van der Waals surface area contributed by atoms with Crippen LogP contribution in [0.5, 0.6) is 0 Å². The lowest BCUT2D eigenvalue weighted by Crippen LogP contribution is -2.52. The number of alkyl carbamates (subject to hydrolysis) is 1. The lowest BCUT2D eigenvalue weighted by molar-refractivity contribution is -0.137. The van der Waals surface area contributed by atoms with Crippen molar-refractivity contribution in [3.05, 3.63) is 71.5 Å². The van der Waals surface area contributed by atoms with Crippen molar-refractivity contribution in [2.75, 3.05) is 13.1 Å². The Hall–Kier alpha value is -3.42. The molecule has 3 amide bonds. The quantitative estimate of drug-likeness (QED) is 0.604. The molecule has 0 radical (unpaired) electrons. The highest BCUT2D eigenvalue weighted by Gasteiger charge is 2.28. The number of hydrogen-bond donors (Lipinski definition) is 2. The first-order valence-corrected chi connectivity index (χ1v) is 10.9. The molecule has 7 nitrogen and oxygen atoms in total. The summed E-state index contributed by atoms with van der Waals surface area (Å²) in [5.74, 6) is -1.09. The number of carbonyl (C=O) groups excluding carboxylic acids is 3. The second-order valence-corrected chi connectivity index (χ2v) is 8.64. The van der Waals surface area contributed by atoms with Crippen molar-refractivity contribution < 1.29 is 23.5 Å². The molecule has 0 saturated carbocycles. The molecule has 0 aromatic heterocycles. The molecule has 2 aromatic rings. The monoisotopic (exact) mass is 457 g/mol. The van der Waals surface area contributed by atoms with Crippen molar-refractivity contribution in [1.29, 1.82) is 0 Å². The fourth-order valence-electron chi connectivity index (χ4n) is 3.10. The van der Waals surface area contributed by atoms with Gasteiger partial charge < -0.3 is 20.3 Å². The summed E-state index contributed by atoms with van der Waals surface area (Å²) >= 11 is 0. The van der Waals surface area contributed by atoms with Crippen LogP contribution in [-0.2, 0) is 27.3 Å². The summed E-state index contributed by atoms with van der Waals surface area (Å²) in [5.41, 5.74) is 0.895. The zero-order valence-electron chi connectivity index (χ0n) is 19.6. The van der Waals surface area contributed by atoms with Crippen LogP contribution in [0.1, 0.15) is 38.8 Å². The summed E-state index contributed by atoms with van der Waals surface area (Å²) in [6.45, 7) is 7.31. The Labute approximate surface area is 194 Å².